The Morgan fingerprint density at radius 2 is 1.94 bits per heavy atom. The summed E-state index contributed by atoms with van der Waals surface area (Å²) in [6.07, 6.45) is 0.390. The van der Waals surface area contributed by atoms with Gasteiger partial charge in [-0.05, 0) is 25.5 Å². The van der Waals surface area contributed by atoms with Gasteiger partial charge in [-0.3, -0.25) is 4.79 Å². The van der Waals surface area contributed by atoms with Crippen LogP contribution in [-0.4, -0.2) is 25.2 Å². The Hall–Kier alpha value is -1.20. The van der Waals surface area contributed by atoms with E-state index < -0.39 is 20.9 Å². The van der Waals surface area contributed by atoms with Crippen molar-refractivity contribution in [1.82, 2.24) is 0 Å². The molecule has 2 fully saturated rings. The number of sulfone groups is 1. The Balaban J connectivity index is 2.09. The van der Waals surface area contributed by atoms with Crippen molar-refractivity contribution in [3.05, 3.63) is 29.8 Å². The molecule has 0 radical (unpaired) electrons. The number of ketones is 1. The molecule has 0 N–H and O–H groups in total. The summed E-state index contributed by atoms with van der Waals surface area (Å²) < 4.78 is 29.9. The van der Waals surface area contributed by atoms with Gasteiger partial charge < -0.3 is 4.74 Å². The molecule has 90 valence electrons. The number of hydrogen-bond acceptors (Lipinski definition) is 4. The van der Waals surface area contributed by atoms with Crippen molar-refractivity contribution in [2.75, 3.05) is 0 Å². The van der Waals surface area contributed by atoms with Crippen LogP contribution >= 0.6 is 0 Å². The molecule has 1 aromatic carbocycles. The van der Waals surface area contributed by atoms with Gasteiger partial charge >= 0.3 is 0 Å². The average Bonchev–Trinajstić information content (AvgIpc) is 2.95. The summed E-state index contributed by atoms with van der Waals surface area (Å²) in [4.78, 5) is 10.3. The molecule has 4 nitrogen and oxygen atoms in total. The predicted octanol–water partition coefficient (Wildman–Crippen LogP) is 1.23. The quantitative estimate of drug-likeness (QED) is 0.742. The number of epoxide rings is 1. The third-order valence-corrected chi connectivity index (χ3v) is 5.71. The molecule has 1 aromatic rings. The van der Waals surface area contributed by atoms with Gasteiger partial charge in [-0.25, -0.2) is 8.42 Å². The number of benzene rings is 1. The first kappa shape index (κ1) is 10.9. The number of carbonyl (C=O) groups is 1. The zero-order valence-electron chi connectivity index (χ0n) is 9.34. The van der Waals surface area contributed by atoms with Crippen LogP contribution in [0.4, 0.5) is 0 Å². The third-order valence-electron chi connectivity index (χ3n) is 3.44. The van der Waals surface area contributed by atoms with Gasteiger partial charge in [-0.1, -0.05) is 17.7 Å². The number of fused-ring (bicyclic) bond motifs is 1. The molecule has 1 heterocycles. The molecule has 0 aromatic heterocycles. The Labute approximate surface area is 99.5 Å². The van der Waals surface area contributed by atoms with Crippen LogP contribution in [0.1, 0.15) is 18.4 Å². The summed E-state index contributed by atoms with van der Waals surface area (Å²) in [5.41, 5.74) is 0.979. The molecule has 0 spiro atoms. The van der Waals surface area contributed by atoms with Crippen molar-refractivity contribution in [3.8, 4) is 0 Å². The number of carbonyl (C=O) groups excluding carboxylic acids is 1. The summed E-state index contributed by atoms with van der Waals surface area (Å²) in [7, 11) is -3.70. The molecule has 1 saturated carbocycles. The van der Waals surface area contributed by atoms with Crippen molar-refractivity contribution in [2.24, 2.45) is 0 Å². The van der Waals surface area contributed by atoms with Crippen LogP contribution < -0.4 is 0 Å². The van der Waals surface area contributed by atoms with E-state index in [0.717, 1.165) is 5.56 Å². The number of hydrogen-bond donors (Lipinski definition) is 0. The highest BCUT2D eigenvalue weighted by Crippen LogP contribution is 2.53. The molecule has 2 atom stereocenters. The normalized spacial score (nSPS) is 31.4. The Morgan fingerprint density at radius 1 is 1.29 bits per heavy atom. The lowest BCUT2D eigenvalue weighted by atomic mass is 10.2. The minimum Gasteiger partial charge on any atom is -0.342 e. The first-order chi connectivity index (χ1) is 7.98. The van der Waals surface area contributed by atoms with Gasteiger partial charge in [0.15, 0.2) is 5.78 Å². The fourth-order valence-corrected chi connectivity index (χ4v) is 4.34. The first-order valence-corrected chi connectivity index (χ1v) is 6.99. The predicted molar refractivity (Wildman–Crippen MR) is 60.2 cm³/mol. The summed E-state index contributed by atoms with van der Waals surface area (Å²) in [5, 5.41) is 0. The molecule has 2 aliphatic rings. The van der Waals surface area contributed by atoms with Crippen molar-refractivity contribution < 1.29 is 17.9 Å². The van der Waals surface area contributed by atoms with Crippen LogP contribution in [0.5, 0.6) is 0 Å². The molecule has 0 amide bonds. The van der Waals surface area contributed by atoms with Crippen LogP contribution in [-0.2, 0) is 19.4 Å². The molecular formula is C12H12O4S. The van der Waals surface area contributed by atoms with Crippen molar-refractivity contribution >= 4 is 15.6 Å². The second-order valence-electron chi connectivity index (χ2n) is 4.55. The molecule has 0 bridgehead atoms. The van der Waals surface area contributed by atoms with Crippen LogP contribution in [0, 0.1) is 6.92 Å². The molecule has 1 aliphatic carbocycles. The van der Waals surface area contributed by atoms with Gasteiger partial charge in [-0.2, -0.15) is 0 Å². The van der Waals surface area contributed by atoms with Crippen molar-refractivity contribution in [2.45, 2.75) is 35.7 Å². The molecule has 5 heteroatoms. The average molecular weight is 252 g/mol. The summed E-state index contributed by atoms with van der Waals surface area (Å²) in [6, 6.07) is 6.51. The monoisotopic (exact) mass is 252 g/mol. The van der Waals surface area contributed by atoms with Crippen molar-refractivity contribution in [1.29, 1.82) is 0 Å². The second-order valence-corrected chi connectivity index (χ2v) is 6.64. The lowest BCUT2D eigenvalue weighted by molar-refractivity contribution is -0.121. The van der Waals surface area contributed by atoms with Crippen LogP contribution in [0.15, 0.2) is 29.2 Å². The van der Waals surface area contributed by atoms with Gasteiger partial charge in [0.05, 0.1) is 4.90 Å². The van der Waals surface area contributed by atoms with E-state index >= 15 is 0 Å². The topological polar surface area (TPSA) is 63.7 Å². The zero-order valence-corrected chi connectivity index (χ0v) is 10.2. The van der Waals surface area contributed by atoms with E-state index in [1.807, 2.05) is 6.92 Å². The lowest BCUT2D eigenvalue weighted by Gasteiger charge is -2.09. The van der Waals surface area contributed by atoms with Gasteiger partial charge in [0, 0.05) is 6.42 Å². The largest absolute Gasteiger partial charge is 0.342 e. The maximum absolute atomic E-state index is 12.4. The van der Waals surface area contributed by atoms with Gasteiger partial charge in [0.25, 0.3) is 4.93 Å². The summed E-state index contributed by atoms with van der Waals surface area (Å²) >= 11 is 0. The lowest BCUT2D eigenvalue weighted by Crippen LogP contribution is -2.32. The van der Waals surface area contributed by atoms with Gasteiger partial charge in [0.1, 0.15) is 6.10 Å². The Kier molecular flexibility index (Phi) is 2.04. The van der Waals surface area contributed by atoms with Crippen LogP contribution in [0.25, 0.3) is 0 Å². The highest BCUT2D eigenvalue weighted by molar-refractivity contribution is 7.93. The SMILES string of the molecule is Cc1ccc(S(=O)(=O)[C@@]23O[C@@H]2CCC3=O)cc1. The molecule has 0 unspecified atom stereocenters. The Bertz CT molecular complexity index is 587. The first-order valence-electron chi connectivity index (χ1n) is 5.51. The van der Waals surface area contributed by atoms with E-state index in [2.05, 4.69) is 0 Å². The van der Waals surface area contributed by atoms with E-state index in [4.69, 9.17) is 4.74 Å². The maximum Gasteiger partial charge on any atom is 0.258 e. The fraction of sp³-hybridized carbons (Fsp3) is 0.417. The van der Waals surface area contributed by atoms with E-state index in [0.29, 0.717) is 12.8 Å². The van der Waals surface area contributed by atoms with Crippen molar-refractivity contribution in [3.63, 3.8) is 0 Å². The number of rotatable bonds is 2. The molecule has 3 rings (SSSR count). The van der Waals surface area contributed by atoms with E-state index in [9.17, 15) is 13.2 Å². The second kappa shape index (κ2) is 3.17. The Morgan fingerprint density at radius 3 is 2.41 bits per heavy atom. The zero-order chi connectivity index (χ0) is 12.3. The number of aryl methyl sites for hydroxylation is 1. The van der Waals surface area contributed by atoms with E-state index in [1.54, 1.807) is 12.1 Å². The van der Waals surface area contributed by atoms with Gasteiger partial charge in [-0.15, -0.1) is 0 Å². The summed E-state index contributed by atoms with van der Waals surface area (Å²) in [5.74, 6) is -0.303. The van der Waals surface area contributed by atoms with E-state index in [1.165, 1.54) is 12.1 Å². The standard InChI is InChI=1S/C12H12O4S/c1-8-2-4-9(5-3-8)17(14,15)12-10(13)6-7-11(12)16-12/h2-5,11H,6-7H2,1H3/t11-,12-/m1/s1. The molecular weight excluding hydrogens is 240 g/mol. The molecule has 17 heavy (non-hydrogen) atoms. The fourth-order valence-electron chi connectivity index (χ4n) is 2.39. The highest BCUT2D eigenvalue weighted by Gasteiger charge is 2.74. The number of Topliss-reactive ketones (excluding diaryl/α,β-unsaturated/α-hetero) is 1. The third kappa shape index (κ3) is 1.26. The minimum atomic E-state index is -3.70. The van der Waals surface area contributed by atoms with Crippen LogP contribution in [0.3, 0.4) is 0 Å². The maximum atomic E-state index is 12.4. The summed E-state index contributed by atoms with van der Waals surface area (Å²) in [6.45, 7) is 1.88. The van der Waals surface area contributed by atoms with Crippen LogP contribution in [0.2, 0.25) is 0 Å². The van der Waals surface area contributed by atoms with Gasteiger partial charge in [0.2, 0.25) is 9.84 Å². The minimum absolute atomic E-state index is 0.167. The molecule has 1 aliphatic heterocycles. The highest BCUT2D eigenvalue weighted by atomic mass is 32.2. The van der Waals surface area contributed by atoms with E-state index in [-0.39, 0.29) is 10.7 Å². The smallest absolute Gasteiger partial charge is 0.258 e. The number of ether oxygens (including phenoxy) is 1. The molecule has 1 saturated heterocycles.